The summed E-state index contributed by atoms with van der Waals surface area (Å²) in [5.41, 5.74) is 0. The van der Waals surface area contributed by atoms with Crippen LogP contribution in [0.3, 0.4) is 0 Å². The number of nitrogens with zero attached hydrogens (tertiary/aromatic N) is 3. The molecule has 0 bridgehead atoms. The van der Waals surface area contributed by atoms with Crippen LogP contribution in [-0.2, 0) is 14.3 Å². The summed E-state index contributed by atoms with van der Waals surface area (Å²) in [7, 11) is 3.71. The van der Waals surface area contributed by atoms with E-state index in [1.54, 1.807) is 5.01 Å². The first-order valence-corrected chi connectivity index (χ1v) is 8.91. The van der Waals surface area contributed by atoms with Gasteiger partial charge in [-0.15, -0.1) is 0 Å². The summed E-state index contributed by atoms with van der Waals surface area (Å²) in [5, 5.41) is 18.7. The van der Waals surface area contributed by atoms with E-state index in [4.69, 9.17) is 9.84 Å². The van der Waals surface area contributed by atoms with Gasteiger partial charge in [0.2, 0.25) is 0 Å². The molecule has 1 N–H and O–H groups in total. The van der Waals surface area contributed by atoms with Gasteiger partial charge in [-0.05, 0) is 51.4 Å². The SMILES string of the molecule is CN(C)N=NC1CCC(C(=O)C2CCC(OCC(=O)O)CC2)CC1. The zero-order valence-electron chi connectivity index (χ0n) is 14.7. The van der Waals surface area contributed by atoms with Gasteiger partial charge in [-0.2, -0.15) is 5.11 Å². The smallest absolute Gasteiger partial charge is 0.329 e. The molecule has 0 aromatic rings. The number of Topliss-reactive ketones (excluding diaryl/α,β-unsaturated/α-hetero) is 1. The van der Waals surface area contributed by atoms with Crippen molar-refractivity contribution in [3.05, 3.63) is 0 Å². The van der Waals surface area contributed by atoms with Crippen molar-refractivity contribution in [3.8, 4) is 0 Å². The molecule has 0 spiro atoms. The summed E-state index contributed by atoms with van der Waals surface area (Å²) >= 11 is 0. The van der Waals surface area contributed by atoms with Gasteiger partial charge in [0.05, 0.1) is 12.1 Å². The lowest BCUT2D eigenvalue weighted by molar-refractivity contribution is -0.146. The van der Waals surface area contributed by atoms with Crippen molar-refractivity contribution < 1.29 is 19.4 Å². The van der Waals surface area contributed by atoms with Crippen molar-refractivity contribution in [3.63, 3.8) is 0 Å². The molecule has 136 valence electrons. The van der Waals surface area contributed by atoms with Crippen molar-refractivity contribution >= 4 is 11.8 Å². The van der Waals surface area contributed by atoms with Crippen LogP contribution in [0.25, 0.3) is 0 Å². The number of aliphatic carboxylic acids is 1. The highest BCUT2D eigenvalue weighted by Crippen LogP contribution is 2.34. The summed E-state index contributed by atoms with van der Waals surface area (Å²) < 4.78 is 5.34. The molecule has 0 aromatic carbocycles. The van der Waals surface area contributed by atoms with E-state index in [9.17, 15) is 9.59 Å². The lowest BCUT2D eigenvalue weighted by Crippen LogP contribution is -2.33. The van der Waals surface area contributed by atoms with Gasteiger partial charge in [-0.25, -0.2) is 4.79 Å². The quantitative estimate of drug-likeness (QED) is 0.569. The topological polar surface area (TPSA) is 91.6 Å². The Morgan fingerprint density at radius 2 is 1.54 bits per heavy atom. The Morgan fingerprint density at radius 1 is 1.00 bits per heavy atom. The number of ketones is 1. The summed E-state index contributed by atoms with van der Waals surface area (Å²) in [6, 6.07) is 0.247. The summed E-state index contributed by atoms with van der Waals surface area (Å²) in [6.07, 6.45) is 6.90. The summed E-state index contributed by atoms with van der Waals surface area (Å²) in [4.78, 5) is 23.2. The molecule has 7 heteroatoms. The molecule has 0 atom stereocenters. The first kappa shape index (κ1) is 18.8. The van der Waals surface area contributed by atoms with Crippen LogP contribution in [0, 0.1) is 11.8 Å². The van der Waals surface area contributed by atoms with Gasteiger partial charge in [0, 0.05) is 25.9 Å². The van der Waals surface area contributed by atoms with Crippen LogP contribution in [0.15, 0.2) is 10.3 Å². The molecule has 24 heavy (non-hydrogen) atoms. The van der Waals surface area contributed by atoms with Gasteiger partial charge in [-0.3, -0.25) is 9.80 Å². The van der Waals surface area contributed by atoms with Crippen LogP contribution < -0.4 is 0 Å². The second kappa shape index (κ2) is 9.11. The summed E-state index contributed by atoms with van der Waals surface area (Å²) in [5.74, 6) is -0.247. The number of carboxylic acids is 1. The second-order valence-corrected chi connectivity index (χ2v) is 7.14. The molecule has 0 heterocycles. The zero-order chi connectivity index (χ0) is 17.5. The van der Waals surface area contributed by atoms with Gasteiger partial charge in [0.25, 0.3) is 0 Å². The van der Waals surface area contributed by atoms with Crippen LogP contribution in [0.5, 0.6) is 0 Å². The fourth-order valence-corrected chi connectivity index (χ4v) is 3.69. The van der Waals surface area contributed by atoms with E-state index in [1.165, 1.54) is 0 Å². The van der Waals surface area contributed by atoms with Gasteiger partial charge in [0.1, 0.15) is 12.4 Å². The van der Waals surface area contributed by atoms with E-state index in [0.717, 1.165) is 51.4 Å². The van der Waals surface area contributed by atoms with Crippen LogP contribution in [-0.4, -0.2) is 54.7 Å². The number of hydrogen-bond donors (Lipinski definition) is 1. The molecule has 7 nitrogen and oxygen atoms in total. The van der Waals surface area contributed by atoms with Gasteiger partial charge < -0.3 is 9.84 Å². The third-order valence-corrected chi connectivity index (χ3v) is 5.01. The van der Waals surface area contributed by atoms with E-state index in [0.29, 0.717) is 5.78 Å². The number of hydrogen-bond acceptors (Lipinski definition) is 5. The Kier molecular flexibility index (Phi) is 7.15. The Morgan fingerprint density at radius 3 is 2.04 bits per heavy atom. The fourth-order valence-electron chi connectivity index (χ4n) is 3.69. The van der Waals surface area contributed by atoms with Gasteiger partial charge in [-0.1, -0.05) is 5.22 Å². The fraction of sp³-hybridized carbons (Fsp3) is 0.882. The van der Waals surface area contributed by atoms with Crippen LogP contribution in [0.2, 0.25) is 0 Å². The first-order valence-electron chi connectivity index (χ1n) is 8.91. The van der Waals surface area contributed by atoms with Crippen molar-refractivity contribution in [1.29, 1.82) is 0 Å². The number of ether oxygens (including phenoxy) is 1. The molecule has 0 aliphatic heterocycles. The Labute approximate surface area is 143 Å². The van der Waals surface area contributed by atoms with E-state index >= 15 is 0 Å². The minimum Gasteiger partial charge on any atom is -0.480 e. The third-order valence-electron chi connectivity index (χ3n) is 5.01. The molecule has 0 unspecified atom stereocenters. The Hall–Kier alpha value is -1.50. The highest BCUT2D eigenvalue weighted by molar-refractivity contribution is 5.83. The standard InChI is InChI=1S/C17H29N3O4/c1-20(2)19-18-14-7-3-12(4-8-14)17(23)13-5-9-15(10-6-13)24-11-16(21)22/h12-15H,3-11H2,1-2H3,(H,21,22). The van der Waals surface area contributed by atoms with E-state index in [2.05, 4.69) is 10.3 Å². The molecule has 2 rings (SSSR count). The molecule has 2 fully saturated rings. The number of rotatable bonds is 7. The predicted molar refractivity (Wildman–Crippen MR) is 88.6 cm³/mol. The molecule has 0 radical (unpaired) electrons. The Bertz CT molecular complexity index is 451. The third kappa shape index (κ3) is 5.85. The maximum Gasteiger partial charge on any atom is 0.329 e. The van der Waals surface area contributed by atoms with Crippen LogP contribution >= 0.6 is 0 Å². The molecule has 0 aromatic heterocycles. The van der Waals surface area contributed by atoms with Crippen molar-refractivity contribution in [1.82, 2.24) is 5.01 Å². The van der Waals surface area contributed by atoms with Crippen molar-refractivity contribution in [2.75, 3.05) is 20.7 Å². The average molecular weight is 339 g/mol. The molecule has 2 saturated carbocycles. The largest absolute Gasteiger partial charge is 0.480 e. The maximum atomic E-state index is 12.7. The number of carboxylic acid groups (broad SMARTS) is 1. The van der Waals surface area contributed by atoms with E-state index in [1.807, 2.05) is 14.1 Å². The van der Waals surface area contributed by atoms with Gasteiger partial charge in [0.15, 0.2) is 0 Å². The highest BCUT2D eigenvalue weighted by atomic mass is 16.5. The monoisotopic (exact) mass is 339 g/mol. The molecule has 0 saturated heterocycles. The highest BCUT2D eigenvalue weighted by Gasteiger charge is 2.33. The van der Waals surface area contributed by atoms with E-state index in [-0.39, 0.29) is 30.6 Å². The predicted octanol–water partition coefficient (Wildman–Crippen LogP) is 2.70. The lowest BCUT2D eigenvalue weighted by atomic mass is 9.75. The first-order chi connectivity index (χ1) is 11.5. The zero-order valence-corrected chi connectivity index (χ0v) is 14.7. The van der Waals surface area contributed by atoms with Crippen LogP contribution in [0.1, 0.15) is 51.4 Å². The lowest BCUT2D eigenvalue weighted by Gasteiger charge is -2.32. The Balaban J connectivity index is 1.71. The number of carbonyl (C=O) groups excluding carboxylic acids is 1. The normalized spacial score (nSPS) is 31.1. The maximum absolute atomic E-state index is 12.7. The molecule has 0 amide bonds. The van der Waals surface area contributed by atoms with Gasteiger partial charge >= 0.3 is 5.97 Å². The minimum atomic E-state index is -0.934. The minimum absolute atomic E-state index is 0.00710. The number of carbonyl (C=O) groups is 2. The molecule has 2 aliphatic carbocycles. The van der Waals surface area contributed by atoms with Crippen LogP contribution in [0.4, 0.5) is 0 Å². The van der Waals surface area contributed by atoms with E-state index < -0.39 is 5.97 Å². The molecular weight excluding hydrogens is 310 g/mol. The molecule has 2 aliphatic rings. The summed E-state index contributed by atoms with van der Waals surface area (Å²) in [6.45, 7) is -0.241. The molecular formula is C17H29N3O4. The van der Waals surface area contributed by atoms with Crippen molar-refractivity contribution in [2.24, 2.45) is 22.2 Å². The second-order valence-electron chi connectivity index (χ2n) is 7.14. The average Bonchev–Trinajstić information content (AvgIpc) is 2.58. The van der Waals surface area contributed by atoms with Crippen molar-refractivity contribution in [2.45, 2.75) is 63.5 Å².